The summed E-state index contributed by atoms with van der Waals surface area (Å²) in [5.74, 6) is 0.113. The highest BCUT2D eigenvalue weighted by Gasteiger charge is 2.28. The third-order valence-corrected chi connectivity index (χ3v) is 12.4. The molecule has 0 aromatic carbocycles. The Morgan fingerprint density at radius 2 is 0.842 bits per heavy atom. The van der Waals surface area contributed by atoms with Gasteiger partial charge in [0.05, 0.1) is 25.9 Å². The Hall–Kier alpha value is -1.21. The molecule has 0 aliphatic carbocycles. The Balaban J connectivity index is 5.21. The maximum Gasteiger partial charge on any atom is 0.475 e. The van der Waals surface area contributed by atoms with Gasteiger partial charge in [-0.25, -0.2) is 4.57 Å². The number of hydrogen-bond donors (Lipinski definition) is 2. The quantitative estimate of drug-likeness (QED) is 0.0360. The molecular weight excluding hydrogens is 732 g/mol. The van der Waals surface area contributed by atoms with E-state index in [0.29, 0.717) is 32.1 Å². The number of phosphoric ester groups is 1. The zero-order valence-electron chi connectivity index (χ0n) is 38.2. The molecule has 2 unspecified atom stereocenters. The van der Waals surface area contributed by atoms with Gasteiger partial charge in [-0.3, -0.25) is 23.2 Å². The Labute approximate surface area is 354 Å². The van der Waals surface area contributed by atoms with Crippen LogP contribution in [-0.4, -0.2) is 43.7 Å². The zero-order valence-corrected chi connectivity index (χ0v) is 39.1. The van der Waals surface area contributed by atoms with Crippen molar-refractivity contribution in [3.8, 4) is 0 Å². The van der Waals surface area contributed by atoms with Gasteiger partial charge in [-0.15, -0.1) is 6.58 Å². The van der Waals surface area contributed by atoms with E-state index in [2.05, 4.69) is 38.0 Å². The molecule has 0 aliphatic heterocycles. The molecule has 2 amide bonds. The van der Waals surface area contributed by atoms with Crippen molar-refractivity contribution in [2.24, 2.45) is 0 Å². The number of carbonyl (C=O) groups is 2. The van der Waals surface area contributed by atoms with Crippen LogP contribution in [0.2, 0.25) is 0 Å². The molecule has 338 valence electrons. The minimum Gasteiger partial charge on any atom is -0.353 e. The summed E-state index contributed by atoms with van der Waals surface area (Å²) in [5.41, 5.74) is 0. The van der Waals surface area contributed by atoms with Crippen molar-refractivity contribution in [3.63, 3.8) is 0 Å². The van der Waals surface area contributed by atoms with Crippen molar-refractivity contribution in [2.75, 3.05) is 19.8 Å². The van der Waals surface area contributed by atoms with Crippen molar-refractivity contribution < 1.29 is 27.7 Å². The van der Waals surface area contributed by atoms with Crippen molar-refractivity contribution in [1.82, 2.24) is 10.6 Å². The van der Waals surface area contributed by atoms with Crippen molar-refractivity contribution in [1.29, 1.82) is 0 Å². The molecule has 0 rings (SSSR count). The maximum atomic E-state index is 13.4. The molecule has 9 heteroatoms. The standard InChI is InChI=1S/C48H95N2O6P/c1-6-11-14-17-20-22-24-26-29-32-35-38-47(51)49-45(37-34-31-28-19-16-13-8-3)40-41-46(44-56-57(53,54-42-9-4)55-43-10-5)50-48(52)39-36-33-30-27-25-23-21-18-15-12-7-2/h9,45-46H,4,6-8,10-44H2,1-3,5H3,(H,49,51)(H,50,52)/t45?,46-,57?/m1/s1. The maximum absolute atomic E-state index is 13.4. The summed E-state index contributed by atoms with van der Waals surface area (Å²) in [5, 5.41) is 6.56. The first kappa shape index (κ1) is 55.8. The molecule has 0 saturated carbocycles. The number of unbranched alkanes of at least 4 members (excludes halogenated alkanes) is 26. The van der Waals surface area contributed by atoms with Gasteiger partial charge in [0, 0.05) is 18.9 Å². The first-order valence-electron chi connectivity index (χ1n) is 24.6. The van der Waals surface area contributed by atoms with Crippen LogP contribution in [0.25, 0.3) is 0 Å². The lowest BCUT2D eigenvalue weighted by Gasteiger charge is -2.25. The van der Waals surface area contributed by atoms with Gasteiger partial charge in [-0.2, -0.15) is 0 Å². The lowest BCUT2D eigenvalue weighted by atomic mass is 9.99. The zero-order chi connectivity index (χ0) is 41.9. The average molecular weight is 827 g/mol. The van der Waals surface area contributed by atoms with Crippen LogP contribution in [0.1, 0.15) is 252 Å². The minimum atomic E-state index is -3.82. The molecule has 0 spiro atoms. The normalized spacial score (nSPS) is 13.6. The van der Waals surface area contributed by atoms with E-state index >= 15 is 0 Å². The molecule has 3 atom stereocenters. The second-order valence-corrected chi connectivity index (χ2v) is 18.4. The highest BCUT2D eigenvalue weighted by atomic mass is 31.2. The molecule has 0 aromatic rings. The van der Waals surface area contributed by atoms with Gasteiger partial charge >= 0.3 is 7.82 Å². The Morgan fingerprint density at radius 1 is 0.474 bits per heavy atom. The van der Waals surface area contributed by atoms with Gasteiger partial charge in [0.1, 0.15) is 0 Å². The molecule has 0 saturated heterocycles. The number of amides is 2. The minimum absolute atomic E-state index is 0.0129. The summed E-state index contributed by atoms with van der Waals surface area (Å²) in [7, 11) is -3.82. The smallest absolute Gasteiger partial charge is 0.353 e. The predicted molar refractivity (Wildman–Crippen MR) is 244 cm³/mol. The molecule has 0 fully saturated rings. The summed E-state index contributed by atoms with van der Waals surface area (Å²) >= 11 is 0. The van der Waals surface area contributed by atoms with Gasteiger partial charge in [0.15, 0.2) is 0 Å². The van der Waals surface area contributed by atoms with Crippen molar-refractivity contribution >= 4 is 19.6 Å². The topological polar surface area (TPSA) is 103 Å². The lowest BCUT2D eigenvalue weighted by Crippen LogP contribution is -2.41. The third-order valence-electron chi connectivity index (χ3n) is 11.0. The molecule has 8 nitrogen and oxygen atoms in total. The second-order valence-electron chi connectivity index (χ2n) is 16.7. The molecule has 0 bridgehead atoms. The van der Waals surface area contributed by atoms with Gasteiger partial charge in [0.2, 0.25) is 11.8 Å². The average Bonchev–Trinajstić information content (AvgIpc) is 3.20. The Kier molecular flexibility index (Phi) is 42.0. The highest BCUT2D eigenvalue weighted by molar-refractivity contribution is 7.48. The van der Waals surface area contributed by atoms with Gasteiger partial charge < -0.3 is 10.6 Å². The van der Waals surface area contributed by atoms with Crippen molar-refractivity contribution in [2.45, 2.75) is 265 Å². The highest BCUT2D eigenvalue weighted by Crippen LogP contribution is 2.49. The molecule has 0 aromatic heterocycles. The molecule has 0 heterocycles. The molecular formula is C48H95N2O6P. The number of hydrogen-bond acceptors (Lipinski definition) is 6. The molecule has 2 N–H and O–H groups in total. The van der Waals surface area contributed by atoms with Crippen molar-refractivity contribution in [3.05, 3.63) is 12.7 Å². The SMILES string of the molecule is C=CCOP(=O)(OCCC)OC[C@@H](CCC(CCCCCCCCC)NC(=O)CCCCCCCCCCCCC)NC(=O)CCCCCCCCCCCCC. The first-order valence-corrected chi connectivity index (χ1v) is 26.0. The lowest BCUT2D eigenvalue weighted by molar-refractivity contribution is -0.123. The van der Waals surface area contributed by atoms with E-state index in [4.69, 9.17) is 13.6 Å². The van der Waals surface area contributed by atoms with Crippen LogP contribution in [0.4, 0.5) is 0 Å². The van der Waals surface area contributed by atoms with Crippen LogP contribution < -0.4 is 10.6 Å². The van der Waals surface area contributed by atoms with Crippen LogP contribution in [0.3, 0.4) is 0 Å². The van der Waals surface area contributed by atoms with E-state index in [1.54, 1.807) is 0 Å². The number of rotatable bonds is 46. The fraction of sp³-hybridized carbons (Fsp3) is 0.917. The first-order chi connectivity index (χ1) is 27.8. The summed E-state index contributed by atoms with van der Waals surface area (Å²) in [6.07, 6.45) is 41.4. The molecule has 57 heavy (non-hydrogen) atoms. The van der Waals surface area contributed by atoms with E-state index in [9.17, 15) is 14.2 Å². The predicted octanol–water partition coefficient (Wildman–Crippen LogP) is 15.0. The number of phosphoric acid groups is 1. The number of carbonyl (C=O) groups excluding carboxylic acids is 2. The van der Waals surface area contributed by atoms with Gasteiger partial charge in [-0.1, -0.05) is 207 Å². The number of nitrogens with one attached hydrogen (secondary N) is 2. The fourth-order valence-corrected chi connectivity index (χ4v) is 8.66. The summed E-state index contributed by atoms with van der Waals surface area (Å²) < 4.78 is 30.3. The van der Waals surface area contributed by atoms with E-state index < -0.39 is 7.82 Å². The van der Waals surface area contributed by atoms with Crippen LogP contribution in [0.15, 0.2) is 12.7 Å². The van der Waals surface area contributed by atoms with Crippen LogP contribution in [0.5, 0.6) is 0 Å². The third kappa shape index (κ3) is 38.7. The van der Waals surface area contributed by atoms with E-state index in [0.717, 1.165) is 51.4 Å². The van der Waals surface area contributed by atoms with Crippen LogP contribution in [-0.2, 0) is 27.7 Å². The summed E-state index contributed by atoms with van der Waals surface area (Å²) in [4.78, 5) is 26.4. The molecule has 0 aliphatic rings. The Morgan fingerprint density at radius 3 is 1.25 bits per heavy atom. The second kappa shape index (κ2) is 42.9. The molecule has 0 radical (unpaired) electrons. The Bertz CT molecular complexity index is 950. The van der Waals surface area contributed by atoms with Crippen LogP contribution >= 0.6 is 7.82 Å². The van der Waals surface area contributed by atoms with E-state index in [-0.39, 0.29) is 43.7 Å². The monoisotopic (exact) mass is 827 g/mol. The summed E-state index contributed by atoms with van der Waals surface area (Å²) in [6, 6.07) is -0.358. The van der Waals surface area contributed by atoms with E-state index in [1.165, 1.54) is 147 Å². The van der Waals surface area contributed by atoms with Crippen LogP contribution in [0, 0.1) is 0 Å². The largest absolute Gasteiger partial charge is 0.475 e. The summed E-state index contributed by atoms with van der Waals surface area (Å²) in [6.45, 7) is 12.7. The fourth-order valence-electron chi connectivity index (χ4n) is 7.38. The van der Waals surface area contributed by atoms with E-state index in [1.807, 2.05) is 6.92 Å². The van der Waals surface area contributed by atoms with Gasteiger partial charge in [0.25, 0.3) is 0 Å². The van der Waals surface area contributed by atoms with Gasteiger partial charge in [-0.05, 0) is 38.5 Å².